The van der Waals surface area contributed by atoms with Gasteiger partial charge in [0.25, 0.3) is 0 Å². The molecule has 1 saturated carbocycles. The van der Waals surface area contributed by atoms with E-state index < -0.39 is 0 Å². The summed E-state index contributed by atoms with van der Waals surface area (Å²) < 4.78 is 5.79. The van der Waals surface area contributed by atoms with Crippen molar-refractivity contribution in [3.63, 3.8) is 0 Å². The number of nitrogens with zero attached hydrogens (tertiary/aromatic N) is 1. The van der Waals surface area contributed by atoms with Gasteiger partial charge >= 0.3 is 0 Å². The minimum atomic E-state index is 0.700. The molecule has 1 heterocycles. The summed E-state index contributed by atoms with van der Waals surface area (Å²) in [7, 11) is 2.04. The van der Waals surface area contributed by atoms with Gasteiger partial charge in [-0.05, 0) is 62.9 Å². The van der Waals surface area contributed by atoms with Gasteiger partial charge in [0.2, 0.25) is 0 Å². The van der Waals surface area contributed by atoms with Gasteiger partial charge in [-0.1, -0.05) is 12.1 Å². The van der Waals surface area contributed by atoms with Crippen molar-refractivity contribution in [2.45, 2.75) is 38.3 Å². The molecule has 3 nitrogen and oxygen atoms in total. The first-order valence-electron chi connectivity index (χ1n) is 7.95. The zero-order chi connectivity index (χ0) is 13.8. The molecule has 0 spiro atoms. The molecular weight excluding hydrogens is 248 g/mol. The molecule has 1 aliphatic heterocycles. The number of likely N-dealkylation sites (tertiary alicyclic amines) is 1. The third-order valence-corrected chi connectivity index (χ3v) is 4.43. The number of hydrogen-bond donors (Lipinski definition) is 1. The van der Waals surface area contributed by atoms with E-state index in [-0.39, 0.29) is 0 Å². The molecule has 1 unspecified atom stereocenters. The van der Waals surface area contributed by atoms with Crippen molar-refractivity contribution in [3.8, 4) is 5.75 Å². The van der Waals surface area contributed by atoms with Gasteiger partial charge in [-0.15, -0.1) is 0 Å². The van der Waals surface area contributed by atoms with Crippen LogP contribution < -0.4 is 10.1 Å². The first-order valence-corrected chi connectivity index (χ1v) is 7.95. The Hall–Kier alpha value is -1.06. The van der Waals surface area contributed by atoms with E-state index in [1.54, 1.807) is 0 Å². The highest BCUT2D eigenvalue weighted by Crippen LogP contribution is 2.29. The maximum Gasteiger partial charge on any atom is 0.119 e. The van der Waals surface area contributed by atoms with Gasteiger partial charge in [0, 0.05) is 19.1 Å². The van der Waals surface area contributed by atoms with Crippen LogP contribution in [-0.4, -0.2) is 37.7 Å². The van der Waals surface area contributed by atoms with E-state index in [1.165, 1.54) is 37.8 Å². The Balaban J connectivity index is 1.51. The van der Waals surface area contributed by atoms with Crippen molar-refractivity contribution in [3.05, 3.63) is 29.8 Å². The predicted octanol–water partition coefficient (Wildman–Crippen LogP) is 2.66. The van der Waals surface area contributed by atoms with E-state index in [0.717, 1.165) is 31.4 Å². The Morgan fingerprint density at radius 1 is 1.20 bits per heavy atom. The lowest BCUT2D eigenvalue weighted by molar-refractivity contribution is 0.242. The lowest BCUT2D eigenvalue weighted by atomic mass is 10.1. The molecular formula is C17H26N2O. The molecule has 20 heavy (non-hydrogen) atoms. The smallest absolute Gasteiger partial charge is 0.119 e. The molecule has 0 amide bonds. The van der Waals surface area contributed by atoms with Crippen LogP contribution in [0.1, 0.15) is 31.2 Å². The van der Waals surface area contributed by atoms with E-state index in [9.17, 15) is 0 Å². The van der Waals surface area contributed by atoms with Crippen LogP contribution in [0.3, 0.4) is 0 Å². The van der Waals surface area contributed by atoms with E-state index in [0.29, 0.717) is 6.04 Å². The van der Waals surface area contributed by atoms with Crippen molar-refractivity contribution >= 4 is 0 Å². The van der Waals surface area contributed by atoms with Gasteiger partial charge in [-0.25, -0.2) is 0 Å². The number of likely N-dealkylation sites (N-methyl/N-ethyl adjacent to an activating group) is 1. The predicted molar refractivity (Wildman–Crippen MR) is 82.0 cm³/mol. The molecule has 0 radical (unpaired) electrons. The number of ether oxygens (including phenoxy) is 1. The molecule has 1 aromatic carbocycles. The van der Waals surface area contributed by atoms with Crippen LogP contribution in [-0.2, 0) is 6.54 Å². The molecule has 2 fully saturated rings. The maximum absolute atomic E-state index is 5.79. The van der Waals surface area contributed by atoms with E-state index in [2.05, 4.69) is 34.5 Å². The summed E-state index contributed by atoms with van der Waals surface area (Å²) in [4.78, 5) is 2.59. The summed E-state index contributed by atoms with van der Waals surface area (Å²) in [5, 5.41) is 3.31. The Labute approximate surface area is 122 Å². The van der Waals surface area contributed by atoms with Crippen LogP contribution in [0.5, 0.6) is 5.75 Å². The molecule has 0 aromatic heterocycles. The second-order valence-electron chi connectivity index (χ2n) is 6.22. The second-order valence-corrected chi connectivity index (χ2v) is 6.22. The van der Waals surface area contributed by atoms with Gasteiger partial charge in [-0.2, -0.15) is 0 Å². The van der Waals surface area contributed by atoms with Crippen LogP contribution in [0.4, 0.5) is 0 Å². The molecule has 1 atom stereocenters. The largest absolute Gasteiger partial charge is 0.493 e. The number of rotatable bonds is 7. The fourth-order valence-electron chi connectivity index (χ4n) is 2.99. The van der Waals surface area contributed by atoms with Crippen LogP contribution in [0.15, 0.2) is 24.3 Å². The Bertz CT molecular complexity index is 414. The summed E-state index contributed by atoms with van der Waals surface area (Å²) in [5.74, 6) is 1.84. The molecule has 1 aromatic rings. The molecule has 110 valence electrons. The average Bonchev–Trinajstić information content (AvgIpc) is 3.20. The van der Waals surface area contributed by atoms with Crippen LogP contribution in [0.25, 0.3) is 0 Å². The molecule has 1 saturated heterocycles. The van der Waals surface area contributed by atoms with E-state index >= 15 is 0 Å². The molecule has 1 aliphatic carbocycles. The standard InChI is InChI=1S/C17H26N2O/c1-18-11-16-3-2-10-19(16)12-14-6-8-17(9-7-14)20-13-15-4-5-15/h6-9,15-16,18H,2-5,10-13H2,1H3. The highest BCUT2D eigenvalue weighted by atomic mass is 16.5. The zero-order valence-corrected chi connectivity index (χ0v) is 12.5. The highest BCUT2D eigenvalue weighted by molar-refractivity contribution is 5.27. The maximum atomic E-state index is 5.79. The molecule has 3 rings (SSSR count). The van der Waals surface area contributed by atoms with Gasteiger partial charge in [0.1, 0.15) is 5.75 Å². The quantitative estimate of drug-likeness (QED) is 0.827. The first kappa shape index (κ1) is 13.9. The normalized spacial score (nSPS) is 23.1. The van der Waals surface area contributed by atoms with Crippen molar-refractivity contribution in [1.82, 2.24) is 10.2 Å². The van der Waals surface area contributed by atoms with E-state index in [1.807, 2.05) is 7.05 Å². The van der Waals surface area contributed by atoms with Crippen LogP contribution in [0.2, 0.25) is 0 Å². The number of nitrogens with one attached hydrogen (secondary N) is 1. The van der Waals surface area contributed by atoms with Crippen LogP contribution >= 0.6 is 0 Å². The lowest BCUT2D eigenvalue weighted by Gasteiger charge is -2.24. The monoisotopic (exact) mass is 274 g/mol. The molecule has 2 aliphatic rings. The molecule has 3 heteroatoms. The Morgan fingerprint density at radius 3 is 2.70 bits per heavy atom. The van der Waals surface area contributed by atoms with Gasteiger partial charge in [0.15, 0.2) is 0 Å². The Kier molecular flexibility index (Phi) is 4.58. The van der Waals surface area contributed by atoms with Gasteiger partial charge in [0.05, 0.1) is 6.61 Å². The number of hydrogen-bond acceptors (Lipinski definition) is 3. The fraction of sp³-hybridized carbons (Fsp3) is 0.647. The van der Waals surface area contributed by atoms with Crippen LogP contribution in [0, 0.1) is 5.92 Å². The summed E-state index contributed by atoms with van der Waals surface area (Å²) >= 11 is 0. The first-order chi connectivity index (χ1) is 9.85. The van der Waals surface area contributed by atoms with Crippen molar-refractivity contribution in [1.29, 1.82) is 0 Å². The molecule has 1 N–H and O–H groups in total. The molecule has 0 bridgehead atoms. The summed E-state index contributed by atoms with van der Waals surface area (Å²) in [6.07, 6.45) is 5.35. The fourth-order valence-corrected chi connectivity index (χ4v) is 2.99. The number of benzene rings is 1. The van der Waals surface area contributed by atoms with E-state index in [4.69, 9.17) is 4.74 Å². The minimum absolute atomic E-state index is 0.700. The lowest BCUT2D eigenvalue weighted by Crippen LogP contribution is -2.36. The summed E-state index contributed by atoms with van der Waals surface area (Å²) in [6, 6.07) is 9.39. The topological polar surface area (TPSA) is 24.5 Å². The average molecular weight is 274 g/mol. The zero-order valence-electron chi connectivity index (χ0n) is 12.5. The summed E-state index contributed by atoms with van der Waals surface area (Å²) in [6.45, 7) is 4.29. The SMILES string of the molecule is CNCC1CCCN1Cc1ccc(OCC2CC2)cc1. The van der Waals surface area contributed by atoms with Crippen molar-refractivity contribution in [2.24, 2.45) is 5.92 Å². The second kappa shape index (κ2) is 6.59. The third-order valence-electron chi connectivity index (χ3n) is 4.43. The van der Waals surface area contributed by atoms with Gasteiger partial charge < -0.3 is 10.1 Å². The minimum Gasteiger partial charge on any atom is -0.493 e. The van der Waals surface area contributed by atoms with Gasteiger partial charge in [-0.3, -0.25) is 4.90 Å². The Morgan fingerprint density at radius 2 is 2.00 bits per heavy atom. The van der Waals surface area contributed by atoms with Crippen molar-refractivity contribution < 1.29 is 4.74 Å². The summed E-state index contributed by atoms with van der Waals surface area (Å²) in [5.41, 5.74) is 1.40. The highest BCUT2D eigenvalue weighted by Gasteiger charge is 2.24. The van der Waals surface area contributed by atoms with Crippen molar-refractivity contribution in [2.75, 3.05) is 26.7 Å². The third kappa shape index (κ3) is 3.74.